The molecular weight excluding hydrogens is 282 g/mol. The maximum atomic E-state index is 11.3. The van der Waals surface area contributed by atoms with Crippen LogP contribution in [-0.2, 0) is 5.41 Å². The van der Waals surface area contributed by atoms with Gasteiger partial charge in [0.15, 0.2) is 5.69 Å². The number of rotatable bonds is 3. The molecule has 1 aliphatic carbocycles. The standard InChI is InChI=1S/C17H19NO2S/c1-12-14(15(19)20)18-16(21-12)17(10-6-3-7-11-17)13-8-4-2-5-9-13/h2,4-5,8-9H,3,6-7,10-11H2,1H3,(H,19,20). The molecule has 0 amide bonds. The normalized spacial score (nSPS) is 17.6. The summed E-state index contributed by atoms with van der Waals surface area (Å²) in [5, 5.41) is 10.3. The number of thiazole rings is 1. The number of carbonyl (C=O) groups is 1. The molecule has 1 aromatic heterocycles. The first-order valence-electron chi connectivity index (χ1n) is 7.40. The van der Waals surface area contributed by atoms with E-state index in [0.29, 0.717) is 0 Å². The van der Waals surface area contributed by atoms with Crippen molar-refractivity contribution in [1.29, 1.82) is 0 Å². The first-order chi connectivity index (χ1) is 10.1. The van der Waals surface area contributed by atoms with Crippen LogP contribution in [0.4, 0.5) is 0 Å². The van der Waals surface area contributed by atoms with Crippen molar-refractivity contribution in [2.45, 2.75) is 44.4 Å². The average molecular weight is 301 g/mol. The van der Waals surface area contributed by atoms with Gasteiger partial charge in [0.05, 0.1) is 0 Å². The van der Waals surface area contributed by atoms with Crippen molar-refractivity contribution in [2.75, 3.05) is 0 Å². The Morgan fingerprint density at radius 3 is 2.43 bits per heavy atom. The predicted octanol–water partition coefficient (Wildman–Crippen LogP) is 4.40. The van der Waals surface area contributed by atoms with E-state index in [2.05, 4.69) is 29.2 Å². The summed E-state index contributed by atoms with van der Waals surface area (Å²) in [4.78, 5) is 16.6. The second kappa shape index (κ2) is 5.60. The van der Waals surface area contributed by atoms with Gasteiger partial charge in [0.2, 0.25) is 0 Å². The summed E-state index contributed by atoms with van der Waals surface area (Å²) < 4.78 is 0. The van der Waals surface area contributed by atoms with Gasteiger partial charge in [-0.15, -0.1) is 11.3 Å². The van der Waals surface area contributed by atoms with Crippen molar-refractivity contribution in [3.8, 4) is 0 Å². The third-order valence-corrected chi connectivity index (χ3v) is 5.62. The second-order valence-electron chi connectivity index (χ2n) is 5.74. The van der Waals surface area contributed by atoms with Crippen LogP contribution in [-0.4, -0.2) is 16.1 Å². The van der Waals surface area contributed by atoms with Crippen LogP contribution in [0.2, 0.25) is 0 Å². The SMILES string of the molecule is Cc1sc(C2(c3ccccc3)CCCCC2)nc1C(=O)O. The van der Waals surface area contributed by atoms with Crippen LogP contribution in [0.5, 0.6) is 0 Å². The summed E-state index contributed by atoms with van der Waals surface area (Å²) in [5.74, 6) is -0.922. The van der Waals surface area contributed by atoms with Crippen LogP contribution in [0.3, 0.4) is 0 Å². The molecule has 2 aromatic rings. The molecule has 0 unspecified atom stereocenters. The molecule has 1 N–H and O–H groups in total. The van der Waals surface area contributed by atoms with Gasteiger partial charge in [0.25, 0.3) is 0 Å². The smallest absolute Gasteiger partial charge is 0.355 e. The van der Waals surface area contributed by atoms with Crippen LogP contribution >= 0.6 is 11.3 Å². The van der Waals surface area contributed by atoms with Gasteiger partial charge in [-0.25, -0.2) is 9.78 Å². The minimum Gasteiger partial charge on any atom is -0.476 e. The van der Waals surface area contributed by atoms with Crippen LogP contribution in [0, 0.1) is 6.92 Å². The number of benzene rings is 1. The summed E-state index contributed by atoms with van der Waals surface area (Å²) in [6.45, 7) is 1.85. The van der Waals surface area contributed by atoms with Crippen molar-refractivity contribution in [1.82, 2.24) is 4.98 Å². The van der Waals surface area contributed by atoms with Crippen LogP contribution < -0.4 is 0 Å². The minimum atomic E-state index is -0.922. The molecule has 0 radical (unpaired) electrons. The highest BCUT2D eigenvalue weighted by Crippen LogP contribution is 2.46. The highest BCUT2D eigenvalue weighted by atomic mass is 32.1. The van der Waals surface area contributed by atoms with E-state index < -0.39 is 5.97 Å². The van der Waals surface area contributed by atoms with Gasteiger partial charge >= 0.3 is 5.97 Å². The number of nitrogens with zero attached hydrogens (tertiary/aromatic N) is 1. The molecule has 21 heavy (non-hydrogen) atoms. The predicted molar refractivity (Wildman–Crippen MR) is 84.1 cm³/mol. The molecule has 1 aromatic carbocycles. The lowest BCUT2D eigenvalue weighted by Gasteiger charge is -2.36. The molecule has 3 nitrogen and oxygen atoms in total. The summed E-state index contributed by atoms with van der Waals surface area (Å²) >= 11 is 1.55. The lowest BCUT2D eigenvalue weighted by molar-refractivity contribution is 0.0690. The van der Waals surface area contributed by atoms with Gasteiger partial charge in [0.1, 0.15) is 5.01 Å². The molecule has 0 aliphatic heterocycles. The van der Waals surface area contributed by atoms with Crippen LogP contribution in [0.15, 0.2) is 30.3 Å². The van der Waals surface area contributed by atoms with E-state index in [-0.39, 0.29) is 11.1 Å². The lowest BCUT2D eigenvalue weighted by Crippen LogP contribution is -2.30. The zero-order chi connectivity index (χ0) is 14.9. The molecule has 1 aliphatic rings. The third kappa shape index (κ3) is 2.48. The molecule has 1 fully saturated rings. The molecule has 1 saturated carbocycles. The van der Waals surface area contributed by atoms with E-state index in [1.54, 1.807) is 11.3 Å². The minimum absolute atomic E-state index is 0.0946. The Morgan fingerprint density at radius 1 is 1.19 bits per heavy atom. The molecule has 0 saturated heterocycles. The number of hydrogen-bond acceptors (Lipinski definition) is 3. The Labute approximate surface area is 128 Å². The van der Waals surface area contributed by atoms with E-state index >= 15 is 0 Å². The Bertz CT molecular complexity index is 642. The summed E-state index contributed by atoms with van der Waals surface area (Å²) in [7, 11) is 0. The molecular formula is C17H19NO2S. The fourth-order valence-corrected chi connectivity index (χ4v) is 4.51. The zero-order valence-corrected chi connectivity index (χ0v) is 12.9. The number of aryl methyl sites for hydroxylation is 1. The van der Waals surface area contributed by atoms with Crippen LogP contribution in [0.1, 0.15) is 58.0 Å². The Balaban J connectivity index is 2.12. The van der Waals surface area contributed by atoms with E-state index in [1.807, 2.05) is 13.0 Å². The molecule has 4 heteroatoms. The van der Waals surface area contributed by atoms with Crippen molar-refractivity contribution < 1.29 is 9.90 Å². The van der Waals surface area contributed by atoms with Gasteiger partial charge in [-0.3, -0.25) is 0 Å². The van der Waals surface area contributed by atoms with Crippen molar-refractivity contribution in [3.05, 3.63) is 51.5 Å². The Morgan fingerprint density at radius 2 is 1.86 bits per heavy atom. The maximum absolute atomic E-state index is 11.3. The average Bonchev–Trinajstić information content (AvgIpc) is 2.91. The zero-order valence-electron chi connectivity index (χ0n) is 12.1. The number of aromatic nitrogens is 1. The Hall–Kier alpha value is -1.68. The highest BCUT2D eigenvalue weighted by molar-refractivity contribution is 7.12. The van der Waals surface area contributed by atoms with E-state index in [4.69, 9.17) is 0 Å². The third-order valence-electron chi connectivity index (χ3n) is 4.44. The monoisotopic (exact) mass is 301 g/mol. The summed E-state index contributed by atoms with van der Waals surface area (Å²) in [5.41, 5.74) is 1.40. The fraction of sp³-hybridized carbons (Fsp3) is 0.412. The van der Waals surface area contributed by atoms with Crippen molar-refractivity contribution >= 4 is 17.3 Å². The second-order valence-corrected chi connectivity index (χ2v) is 6.94. The number of aromatic carboxylic acids is 1. The summed E-state index contributed by atoms with van der Waals surface area (Å²) in [6.07, 6.45) is 5.72. The Kier molecular flexibility index (Phi) is 3.81. The van der Waals surface area contributed by atoms with Gasteiger partial charge in [-0.2, -0.15) is 0 Å². The molecule has 0 atom stereocenters. The molecule has 110 valence electrons. The molecule has 1 heterocycles. The van der Waals surface area contributed by atoms with E-state index in [0.717, 1.165) is 22.7 Å². The van der Waals surface area contributed by atoms with Crippen LogP contribution in [0.25, 0.3) is 0 Å². The molecule has 0 bridgehead atoms. The lowest BCUT2D eigenvalue weighted by atomic mass is 9.70. The van der Waals surface area contributed by atoms with Gasteiger partial charge in [0, 0.05) is 10.3 Å². The van der Waals surface area contributed by atoms with Crippen molar-refractivity contribution in [2.24, 2.45) is 0 Å². The number of carboxylic acids is 1. The van der Waals surface area contributed by atoms with Gasteiger partial charge in [-0.1, -0.05) is 49.6 Å². The first kappa shape index (κ1) is 14.3. The van der Waals surface area contributed by atoms with E-state index in [1.165, 1.54) is 24.8 Å². The summed E-state index contributed by atoms with van der Waals surface area (Å²) in [6, 6.07) is 10.5. The topological polar surface area (TPSA) is 50.2 Å². The molecule has 0 spiro atoms. The largest absolute Gasteiger partial charge is 0.476 e. The number of carboxylic acid groups (broad SMARTS) is 1. The quantitative estimate of drug-likeness (QED) is 0.914. The van der Waals surface area contributed by atoms with Crippen molar-refractivity contribution in [3.63, 3.8) is 0 Å². The van der Waals surface area contributed by atoms with Gasteiger partial charge < -0.3 is 5.11 Å². The fourth-order valence-electron chi connectivity index (χ4n) is 3.34. The maximum Gasteiger partial charge on any atom is 0.355 e. The van der Waals surface area contributed by atoms with Gasteiger partial charge in [-0.05, 0) is 25.3 Å². The molecule has 3 rings (SSSR count). The number of hydrogen-bond donors (Lipinski definition) is 1. The first-order valence-corrected chi connectivity index (χ1v) is 8.22. The van der Waals surface area contributed by atoms with E-state index in [9.17, 15) is 9.90 Å². The highest BCUT2D eigenvalue weighted by Gasteiger charge is 2.39.